The first-order valence-corrected chi connectivity index (χ1v) is 8.74. The summed E-state index contributed by atoms with van der Waals surface area (Å²) in [5.74, 6) is -0.641. The Balaban J connectivity index is 5.20. The highest BCUT2D eigenvalue weighted by Gasteiger charge is 2.34. The van der Waals surface area contributed by atoms with E-state index in [2.05, 4.69) is 0 Å². The number of sulfone groups is 2. The zero-order valence-electron chi connectivity index (χ0n) is 9.87. The summed E-state index contributed by atoms with van der Waals surface area (Å²) >= 11 is 0. The van der Waals surface area contributed by atoms with Crippen LogP contribution in [0, 0.1) is 11.8 Å². The molecule has 0 radical (unpaired) electrons. The van der Waals surface area contributed by atoms with Crippen LogP contribution in [0.4, 0.5) is 0 Å². The van der Waals surface area contributed by atoms with Crippen LogP contribution in [0.3, 0.4) is 0 Å². The van der Waals surface area contributed by atoms with E-state index in [1.54, 1.807) is 13.8 Å². The van der Waals surface area contributed by atoms with Gasteiger partial charge in [-0.1, -0.05) is 13.8 Å². The number of carbonyl (C=O) groups is 1. The summed E-state index contributed by atoms with van der Waals surface area (Å²) in [6.07, 6.45) is 2.20. The lowest BCUT2D eigenvalue weighted by atomic mass is 9.95. The van der Waals surface area contributed by atoms with Gasteiger partial charge in [0.05, 0.1) is 0 Å². The van der Waals surface area contributed by atoms with Crippen molar-refractivity contribution in [3.63, 3.8) is 0 Å². The minimum Gasteiger partial charge on any atom is -0.303 e. The second-order valence-corrected chi connectivity index (χ2v) is 9.12. The minimum absolute atomic E-state index is 0.0801. The Morgan fingerprint density at radius 2 is 1.38 bits per heavy atom. The maximum Gasteiger partial charge on any atom is 0.164 e. The maximum atomic E-state index is 11.4. The second kappa shape index (κ2) is 5.27. The molecule has 0 saturated heterocycles. The van der Waals surface area contributed by atoms with Gasteiger partial charge in [0, 0.05) is 18.4 Å². The van der Waals surface area contributed by atoms with Crippen LogP contribution in [0.5, 0.6) is 0 Å². The average Bonchev–Trinajstić information content (AvgIpc) is 1.99. The van der Waals surface area contributed by atoms with Crippen molar-refractivity contribution in [2.75, 3.05) is 12.5 Å². The fourth-order valence-electron chi connectivity index (χ4n) is 1.37. The lowest BCUT2D eigenvalue weighted by Gasteiger charge is -2.19. The molecule has 5 nitrogen and oxygen atoms in total. The summed E-state index contributed by atoms with van der Waals surface area (Å²) in [6.45, 7) is 3.50. The predicted octanol–water partition coefficient (Wildman–Crippen LogP) is 0.263. The molecule has 16 heavy (non-hydrogen) atoms. The number of carbonyl (C=O) groups excluding carboxylic acids is 1. The molecule has 0 heterocycles. The Kier molecular flexibility index (Phi) is 5.13. The Hall–Kier alpha value is -0.430. The van der Waals surface area contributed by atoms with Crippen LogP contribution in [0.25, 0.3) is 0 Å². The molecule has 0 aromatic rings. The van der Waals surface area contributed by atoms with E-state index in [9.17, 15) is 21.6 Å². The molecule has 96 valence electrons. The van der Waals surface area contributed by atoms with Crippen molar-refractivity contribution in [2.24, 2.45) is 11.8 Å². The topological polar surface area (TPSA) is 85.3 Å². The van der Waals surface area contributed by atoms with E-state index in [4.69, 9.17) is 0 Å². The second-order valence-electron chi connectivity index (χ2n) is 4.37. The number of hydrogen-bond donors (Lipinski definition) is 0. The van der Waals surface area contributed by atoms with Crippen LogP contribution in [-0.2, 0) is 24.5 Å². The first kappa shape index (κ1) is 15.6. The van der Waals surface area contributed by atoms with Crippen LogP contribution >= 0.6 is 0 Å². The standard InChI is InChI=1S/C9H18O5S2/c1-7(2)8(6-10)5-9(15(3,11)12)16(4,13)14/h6-9H,5H2,1-4H3/t8-/m0/s1. The Labute approximate surface area is 97.1 Å². The van der Waals surface area contributed by atoms with E-state index in [-0.39, 0.29) is 12.3 Å². The van der Waals surface area contributed by atoms with Gasteiger partial charge in [0.1, 0.15) is 6.29 Å². The SMILES string of the molecule is CC(C)[C@H](C=O)CC(S(C)(=O)=O)S(C)(=O)=O. The van der Waals surface area contributed by atoms with E-state index < -0.39 is 30.2 Å². The fourth-order valence-corrected chi connectivity index (χ4v) is 5.06. The summed E-state index contributed by atoms with van der Waals surface area (Å²) in [4.78, 5) is 10.7. The lowest BCUT2D eigenvalue weighted by molar-refractivity contribution is -0.112. The van der Waals surface area contributed by atoms with Gasteiger partial charge in [-0.25, -0.2) is 16.8 Å². The minimum atomic E-state index is -3.71. The van der Waals surface area contributed by atoms with Gasteiger partial charge in [0.25, 0.3) is 0 Å². The maximum absolute atomic E-state index is 11.4. The molecule has 0 aliphatic heterocycles. The van der Waals surface area contributed by atoms with E-state index >= 15 is 0 Å². The molecule has 7 heteroatoms. The molecule has 0 fully saturated rings. The van der Waals surface area contributed by atoms with Crippen LogP contribution < -0.4 is 0 Å². The van der Waals surface area contributed by atoms with Crippen LogP contribution in [0.1, 0.15) is 20.3 Å². The van der Waals surface area contributed by atoms with Crippen molar-refractivity contribution >= 4 is 26.0 Å². The van der Waals surface area contributed by atoms with Gasteiger partial charge >= 0.3 is 0 Å². The predicted molar refractivity (Wildman–Crippen MR) is 62.5 cm³/mol. The zero-order valence-corrected chi connectivity index (χ0v) is 11.5. The van der Waals surface area contributed by atoms with Gasteiger partial charge in [-0.2, -0.15) is 0 Å². The summed E-state index contributed by atoms with van der Waals surface area (Å²) in [7, 11) is -7.42. The summed E-state index contributed by atoms with van der Waals surface area (Å²) in [5, 5.41) is 0. The molecule has 0 aromatic carbocycles. The van der Waals surface area contributed by atoms with Crippen LogP contribution in [0.2, 0.25) is 0 Å². The molecule has 0 aliphatic rings. The first-order chi connectivity index (χ1) is 7.00. The summed E-state index contributed by atoms with van der Waals surface area (Å²) in [5.41, 5.74) is 0. The highest BCUT2D eigenvalue weighted by molar-refractivity contribution is 8.08. The van der Waals surface area contributed by atoms with Gasteiger partial charge in [-0.15, -0.1) is 0 Å². The highest BCUT2D eigenvalue weighted by atomic mass is 32.3. The van der Waals surface area contributed by atoms with Gasteiger partial charge in [0.2, 0.25) is 0 Å². The Morgan fingerprint density at radius 3 is 1.56 bits per heavy atom. The van der Waals surface area contributed by atoms with Crippen molar-refractivity contribution in [1.29, 1.82) is 0 Å². The van der Waals surface area contributed by atoms with E-state index in [1.165, 1.54) is 0 Å². The van der Waals surface area contributed by atoms with E-state index in [1.807, 2.05) is 0 Å². The molecular formula is C9H18O5S2. The third kappa shape index (κ3) is 4.61. The Bertz CT molecular complexity index is 401. The van der Waals surface area contributed by atoms with Crippen molar-refractivity contribution < 1.29 is 21.6 Å². The lowest BCUT2D eigenvalue weighted by Crippen LogP contribution is -2.32. The molecule has 0 aliphatic carbocycles. The summed E-state index contributed by atoms with van der Waals surface area (Å²) in [6, 6.07) is 0. The molecule has 0 aromatic heterocycles. The monoisotopic (exact) mass is 270 g/mol. The molecule has 1 atom stereocenters. The normalized spacial score (nSPS) is 15.4. The smallest absolute Gasteiger partial charge is 0.164 e. The van der Waals surface area contributed by atoms with Gasteiger partial charge < -0.3 is 4.79 Å². The van der Waals surface area contributed by atoms with Gasteiger partial charge in [-0.05, 0) is 12.3 Å². The quantitative estimate of drug-likeness (QED) is 0.646. The van der Waals surface area contributed by atoms with E-state index in [0.717, 1.165) is 12.5 Å². The van der Waals surface area contributed by atoms with Crippen molar-refractivity contribution in [3.8, 4) is 0 Å². The molecule has 0 amide bonds. The number of aldehydes is 1. The third-order valence-electron chi connectivity index (χ3n) is 2.45. The van der Waals surface area contributed by atoms with Crippen molar-refractivity contribution in [2.45, 2.75) is 24.9 Å². The van der Waals surface area contributed by atoms with Crippen molar-refractivity contribution in [1.82, 2.24) is 0 Å². The van der Waals surface area contributed by atoms with Gasteiger partial charge in [0.15, 0.2) is 24.3 Å². The van der Waals surface area contributed by atoms with Crippen LogP contribution in [-0.4, -0.2) is 40.2 Å². The average molecular weight is 270 g/mol. The third-order valence-corrected chi connectivity index (χ3v) is 6.84. The molecule has 0 rings (SSSR count). The number of hydrogen-bond acceptors (Lipinski definition) is 5. The molecule has 0 unspecified atom stereocenters. The van der Waals surface area contributed by atoms with Crippen LogP contribution in [0.15, 0.2) is 0 Å². The van der Waals surface area contributed by atoms with Crippen molar-refractivity contribution in [3.05, 3.63) is 0 Å². The fraction of sp³-hybridized carbons (Fsp3) is 0.889. The first-order valence-electron chi connectivity index (χ1n) is 4.83. The largest absolute Gasteiger partial charge is 0.303 e. The molecule has 0 saturated carbocycles. The van der Waals surface area contributed by atoms with E-state index in [0.29, 0.717) is 6.29 Å². The molecule has 0 spiro atoms. The summed E-state index contributed by atoms with van der Waals surface area (Å²) < 4.78 is 43.9. The van der Waals surface area contributed by atoms with Gasteiger partial charge in [-0.3, -0.25) is 0 Å². The molecule has 0 N–H and O–H groups in total. The Morgan fingerprint density at radius 1 is 1.00 bits per heavy atom. The molecule has 0 bridgehead atoms. The highest BCUT2D eigenvalue weighted by Crippen LogP contribution is 2.21. The number of rotatable bonds is 6. The molecular weight excluding hydrogens is 252 g/mol. The zero-order chi connectivity index (χ0) is 13.1.